The minimum absolute atomic E-state index is 0.260. The zero-order valence-corrected chi connectivity index (χ0v) is 11.7. The van der Waals surface area contributed by atoms with Crippen LogP contribution in [0.4, 0.5) is 5.69 Å². The Morgan fingerprint density at radius 2 is 2.00 bits per heavy atom. The molecule has 0 fully saturated rings. The number of hydrogen-bond acceptors (Lipinski definition) is 3. The molecule has 0 radical (unpaired) electrons. The fourth-order valence-corrected chi connectivity index (χ4v) is 1.71. The van der Waals surface area contributed by atoms with E-state index in [-0.39, 0.29) is 5.91 Å². The number of anilines is 1. The molecule has 1 N–H and O–H groups in total. The van der Waals surface area contributed by atoms with Crippen molar-refractivity contribution in [3.05, 3.63) is 52.0 Å². The Morgan fingerprint density at radius 3 is 2.67 bits per heavy atom. The van der Waals surface area contributed by atoms with Crippen LogP contribution >= 0.6 is 15.9 Å². The largest absolute Gasteiger partial charge is 0.320 e. The van der Waals surface area contributed by atoms with E-state index in [4.69, 9.17) is 0 Å². The molecule has 0 saturated heterocycles. The first-order valence-electron chi connectivity index (χ1n) is 5.43. The van der Waals surface area contributed by atoms with Gasteiger partial charge in [-0.3, -0.25) is 4.79 Å². The molecule has 0 unspecified atom stereocenters. The number of nitrogens with zero attached hydrogens (tertiary/aromatic N) is 2. The van der Waals surface area contributed by atoms with Gasteiger partial charge in [0.25, 0.3) is 5.91 Å². The van der Waals surface area contributed by atoms with Gasteiger partial charge in [-0.05, 0) is 47.0 Å². The Hall–Kier alpha value is -1.75. The molecular formula is C13H12BrN3O. The van der Waals surface area contributed by atoms with Crippen molar-refractivity contribution in [1.82, 2.24) is 9.97 Å². The summed E-state index contributed by atoms with van der Waals surface area (Å²) < 4.78 is 0.603. The van der Waals surface area contributed by atoms with Gasteiger partial charge in [0.05, 0.1) is 12.4 Å². The number of aryl methyl sites for hydroxylation is 1. The van der Waals surface area contributed by atoms with Gasteiger partial charge in [0.1, 0.15) is 10.3 Å². The van der Waals surface area contributed by atoms with Crippen molar-refractivity contribution in [2.45, 2.75) is 13.8 Å². The lowest BCUT2D eigenvalue weighted by Gasteiger charge is -2.09. The monoisotopic (exact) mass is 305 g/mol. The topological polar surface area (TPSA) is 54.9 Å². The highest BCUT2D eigenvalue weighted by atomic mass is 79.9. The summed E-state index contributed by atoms with van der Waals surface area (Å²) in [4.78, 5) is 19.9. The van der Waals surface area contributed by atoms with E-state index in [1.54, 1.807) is 0 Å². The smallest absolute Gasteiger partial charge is 0.275 e. The summed E-state index contributed by atoms with van der Waals surface area (Å²) in [5.41, 5.74) is 3.27. The Balaban J connectivity index is 2.21. The maximum absolute atomic E-state index is 12.0. The van der Waals surface area contributed by atoms with Crippen molar-refractivity contribution in [3.8, 4) is 0 Å². The van der Waals surface area contributed by atoms with Gasteiger partial charge in [-0.25, -0.2) is 9.97 Å². The molecule has 0 aliphatic heterocycles. The molecule has 5 heteroatoms. The first-order valence-corrected chi connectivity index (χ1v) is 6.22. The van der Waals surface area contributed by atoms with Gasteiger partial charge in [-0.2, -0.15) is 0 Å². The molecule has 0 aliphatic carbocycles. The molecule has 0 aliphatic rings. The fraction of sp³-hybridized carbons (Fsp3) is 0.154. The molecule has 2 aromatic rings. The number of hydrogen-bond donors (Lipinski definition) is 1. The molecule has 0 bridgehead atoms. The van der Waals surface area contributed by atoms with Gasteiger partial charge in [0.15, 0.2) is 0 Å². The second-order valence-electron chi connectivity index (χ2n) is 3.93. The molecule has 2 rings (SSSR count). The maximum Gasteiger partial charge on any atom is 0.275 e. The van der Waals surface area contributed by atoms with Gasteiger partial charge >= 0.3 is 0 Å². The molecule has 4 nitrogen and oxygen atoms in total. The standard InChI is InChI=1S/C13H12BrN3O/c1-8-4-3-5-10(9(8)2)17-13(18)11-6-16-12(14)7-15-11/h3-7H,1-2H3,(H,17,18). The lowest BCUT2D eigenvalue weighted by Crippen LogP contribution is -2.14. The van der Waals surface area contributed by atoms with E-state index >= 15 is 0 Å². The number of aromatic nitrogens is 2. The second-order valence-corrected chi connectivity index (χ2v) is 4.74. The number of nitrogens with one attached hydrogen (secondary N) is 1. The highest BCUT2D eigenvalue weighted by Crippen LogP contribution is 2.18. The van der Waals surface area contributed by atoms with Crippen LogP contribution in [-0.2, 0) is 0 Å². The average molecular weight is 306 g/mol. The molecule has 1 aromatic heterocycles. The van der Waals surface area contributed by atoms with Crippen LogP contribution in [-0.4, -0.2) is 15.9 Å². The summed E-state index contributed by atoms with van der Waals surface area (Å²) >= 11 is 3.18. The van der Waals surface area contributed by atoms with Gasteiger partial charge in [0, 0.05) is 5.69 Å². The summed E-state index contributed by atoms with van der Waals surface area (Å²) in [6.45, 7) is 3.97. The molecule has 0 spiro atoms. The third kappa shape index (κ3) is 2.73. The molecule has 1 aromatic carbocycles. The van der Waals surface area contributed by atoms with Crippen molar-refractivity contribution in [1.29, 1.82) is 0 Å². The molecule has 18 heavy (non-hydrogen) atoms. The van der Waals surface area contributed by atoms with Crippen molar-refractivity contribution in [3.63, 3.8) is 0 Å². The molecule has 1 amide bonds. The minimum Gasteiger partial charge on any atom is -0.320 e. The van der Waals surface area contributed by atoms with Gasteiger partial charge in [0.2, 0.25) is 0 Å². The maximum atomic E-state index is 12.0. The first-order chi connectivity index (χ1) is 8.58. The number of carbonyl (C=O) groups is 1. The van der Waals surface area contributed by atoms with Crippen LogP contribution in [0, 0.1) is 13.8 Å². The van der Waals surface area contributed by atoms with E-state index in [2.05, 4.69) is 31.2 Å². The van der Waals surface area contributed by atoms with Crippen LogP contribution < -0.4 is 5.32 Å². The first kappa shape index (κ1) is 12.7. The predicted molar refractivity (Wildman–Crippen MR) is 73.6 cm³/mol. The van der Waals surface area contributed by atoms with Crippen LogP contribution in [0.5, 0.6) is 0 Å². The Labute approximate surface area is 114 Å². The molecule has 0 saturated carbocycles. The molecule has 1 heterocycles. The van der Waals surface area contributed by atoms with E-state index in [0.29, 0.717) is 10.3 Å². The quantitative estimate of drug-likeness (QED) is 0.927. The van der Waals surface area contributed by atoms with E-state index in [1.807, 2.05) is 32.0 Å². The van der Waals surface area contributed by atoms with E-state index in [0.717, 1.165) is 16.8 Å². The fourth-order valence-electron chi connectivity index (χ4n) is 1.50. The Bertz CT molecular complexity index is 581. The lowest BCUT2D eigenvalue weighted by atomic mass is 10.1. The third-order valence-corrected chi connectivity index (χ3v) is 3.12. The number of amides is 1. The summed E-state index contributed by atoms with van der Waals surface area (Å²) in [7, 11) is 0. The molecule has 92 valence electrons. The average Bonchev–Trinajstić information content (AvgIpc) is 2.36. The summed E-state index contributed by atoms with van der Waals surface area (Å²) in [6, 6.07) is 5.78. The lowest BCUT2D eigenvalue weighted by molar-refractivity contribution is 0.102. The number of halogens is 1. The van der Waals surface area contributed by atoms with Crippen molar-refractivity contribution >= 4 is 27.5 Å². The van der Waals surface area contributed by atoms with E-state index < -0.39 is 0 Å². The SMILES string of the molecule is Cc1cccc(NC(=O)c2cnc(Br)cn2)c1C. The highest BCUT2D eigenvalue weighted by molar-refractivity contribution is 9.10. The number of carbonyl (C=O) groups excluding carboxylic acids is 1. The normalized spacial score (nSPS) is 10.2. The zero-order chi connectivity index (χ0) is 13.1. The molecular weight excluding hydrogens is 294 g/mol. The summed E-state index contributed by atoms with van der Waals surface area (Å²) in [5.74, 6) is -0.260. The van der Waals surface area contributed by atoms with Crippen molar-refractivity contribution in [2.24, 2.45) is 0 Å². The summed E-state index contributed by atoms with van der Waals surface area (Å²) in [5, 5.41) is 2.83. The second kappa shape index (κ2) is 5.27. The minimum atomic E-state index is -0.260. The Morgan fingerprint density at radius 1 is 1.22 bits per heavy atom. The van der Waals surface area contributed by atoms with Crippen LogP contribution in [0.15, 0.2) is 35.2 Å². The van der Waals surface area contributed by atoms with Crippen LogP contribution in [0.1, 0.15) is 21.6 Å². The van der Waals surface area contributed by atoms with Gasteiger partial charge in [-0.1, -0.05) is 12.1 Å². The summed E-state index contributed by atoms with van der Waals surface area (Å²) in [6.07, 6.45) is 2.93. The van der Waals surface area contributed by atoms with Gasteiger partial charge in [-0.15, -0.1) is 0 Å². The highest BCUT2D eigenvalue weighted by Gasteiger charge is 2.10. The number of benzene rings is 1. The van der Waals surface area contributed by atoms with Crippen LogP contribution in [0.3, 0.4) is 0 Å². The number of rotatable bonds is 2. The van der Waals surface area contributed by atoms with E-state index in [1.165, 1.54) is 12.4 Å². The van der Waals surface area contributed by atoms with Crippen LogP contribution in [0.2, 0.25) is 0 Å². The Kier molecular flexibility index (Phi) is 3.72. The van der Waals surface area contributed by atoms with Crippen molar-refractivity contribution in [2.75, 3.05) is 5.32 Å². The van der Waals surface area contributed by atoms with E-state index in [9.17, 15) is 4.79 Å². The predicted octanol–water partition coefficient (Wildman–Crippen LogP) is 3.11. The van der Waals surface area contributed by atoms with Crippen LogP contribution in [0.25, 0.3) is 0 Å². The molecule has 0 atom stereocenters. The third-order valence-electron chi connectivity index (χ3n) is 2.71. The van der Waals surface area contributed by atoms with Crippen molar-refractivity contribution < 1.29 is 4.79 Å². The van der Waals surface area contributed by atoms with Gasteiger partial charge < -0.3 is 5.32 Å². The zero-order valence-electron chi connectivity index (χ0n) is 10.1.